The molecular formula is C17H28N2O3S. The van der Waals surface area contributed by atoms with Crippen molar-refractivity contribution < 1.29 is 13.2 Å². The number of carbonyl (C=O) groups is 1. The average Bonchev–Trinajstić information content (AvgIpc) is 3.22. The summed E-state index contributed by atoms with van der Waals surface area (Å²) in [7, 11) is -1.31. The Balaban J connectivity index is 2.11. The Kier molecular flexibility index (Phi) is 5.06. The van der Waals surface area contributed by atoms with Crippen LogP contribution in [0.3, 0.4) is 0 Å². The Labute approximate surface area is 139 Å². The third-order valence-corrected chi connectivity index (χ3v) is 6.88. The lowest BCUT2D eigenvalue weighted by molar-refractivity contribution is 0.0923. The summed E-state index contributed by atoms with van der Waals surface area (Å²) < 4.78 is 25.7. The quantitative estimate of drug-likeness (QED) is 0.715. The Morgan fingerprint density at radius 1 is 1.35 bits per heavy atom. The summed E-state index contributed by atoms with van der Waals surface area (Å²) in [6, 6.07) is 2.31. The molecule has 1 fully saturated rings. The molecular weight excluding hydrogens is 312 g/mol. The van der Waals surface area contributed by atoms with Gasteiger partial charge in [-0.25, -0.2) is 8.42 Å². The van der Waals surface area contributed by atoms with Crippen LogP contribution in [0, 0.1) is 13.8 Å². The third kappa shape index (κ3) is 3.86. The molecule has 130 valence electrons. The molecule has 6 heteroatoms. The van der Waals surface area contributed by atoms with E-state index in [1.807, 2.05) is 38.8 Å². The number of hydrogen-bond acceptors (Lipinski definition) is 4. The summed E-state index contributed by atoms with van der Waals surface area (Å²) in [5.41, 5.74) is 2.93. The summed E-state index contributed by atoms with van der Waals surface area (Å²) >= 11 is 0. The van der Waals surface area contributed by atoms with Gasteiger partial charge in [0.25, 0.3) is 0 Å². The number of Topliss-reactive ketones (excluding diaryl/α,β-unsaturated/α-hetero) is 1. The van der Waals surface area contributed by atoms with Crippen molar-refractivity contribution in [3.8, 4) is 0 Å². The predicted molar refractivity (Wildman–Crippen MR) is 92.9 cm³/mol. The van der Waals surface area contributed by atoms with E-state index in [9.17, 15) is 13.2 Å². The van der Waals surface area contributed by atoms with Gasteiger partial charge in [-0.1, -0.05) is 0 Å². The minimum atomic E-state index is -3.12. The molecule has 1 aromatic rings. The molecule has 0 bridgehead atoms. The first-order valence-electron chi connectivity index (χ1n) is 8.14. The highest BCUT2D eigenvalue weighted by atomic mass is 32.2. The Bertz CT molecular complexity index is 702. The van der Waals surface area contributed by atoms with Gasteiger partial charge in [-0.2, -0.15) is 0 Å². The van der Waals surface area contributed by atoms with Crippen molar-refractivity contribution in [2.75, 3.05) is 19.8 Å². The van der Waals surface area contributed by atoms with Gasteiger partial charge in [0.15, 0.2) is 15.6 Å². The van der Waals surface area contributed by atoms with Crippen LogP contribution in [0.1, 0.15) is 54.5 Å². The SMILES string of the molecule is Cc1cc(C(=O)CN(C)[C@@H](C)[C@H](C)S(C)(=O)=O)c(C)n1C1CC1. The second kappa shape index (κ2) is 6.40. The predicted octanol–water partition coefficient (Wildman–Crippen LogP) is 2.38. The zero-order valence-corrected chi connectivity index (χ0v) is 15.8. The van der Waals surface area contributed by atoms with E-state index in [2.05, 4.69) is 4.57 Å². The number of aromatic nitrogens is 1. The van der Waals surface area contributed by atoms with Crippen LogP contribution in [0.2, 0.25) is 0 Å². The van der Waals surface area contributed by atoms with Crippen molar-refractivity contribution in [2.24, 2.45) is 0 Å². The summed E-state index contributed by atoms with van der Waals surface area (Å²) in [6.45, 7) is 7.82. The number of ketones is 1. The van der Waals surface area contributed by atoms with Crippen LogP contribution in [0.15, 0.2) is 6.07 Å². The van der Waals surface area contributed by atoms with E-state index in [4.69, 9.17) is 0 Å². The highest BCUT2D eigenvalue weighted by Crippen LogP contribution is 2.38. The van der Waals surface area contributed by atoms with Gasteiger partial charge in [0.2, 0.25) is 0 Å². The van der Waals surface area contributed by atoms with Crippen LogP contribution in [0.5, 0.6) is 0 Å². The Morgan fingerprint density at radius 2 is 1.91 bits per heavy atom. The number of nitrogens with zero attached hydrogens (tertiary/aromatic N) is 2. The van der Waals surface area contributed by atoms with E-state index in [-0.39, 0.29) is 18.4 Å². The van der Waals surface area contributed by atoms with Gasteiger partial charge in [0, 0.05) is 35.3 Å². The van der Waals surface area contributed by atoms with Crippen molar-refractivity contribution in [2.45, 2.75) is 57.9 Å². The van der Waals surface area contributed by atoms with Crippen LogP contribution in [0.25, 0.3) is 0 Å². The van der Waals surface area contributed by atoms with E-state index in [0.29, 0.717) is 6.04 Å². The molecule has 0 radical (unpaired) electrons. The molecule has 5 nitrogen and oxygen atoms in total. The first kappa shape index (κ1) is 18.2. The molecule has 1 saturated carbocycles. The first-order chi connectivity index (χ1) is 10.5. The third-order valence-electron chi connectivity index (χ3n) is 5.14. The van der Waals surface area contributed by atoms with Crippen molar-refractivity contribution in [3.05, 3.63) is 23.0 Å². The molecule has 2 atom stereocenters. The fourth-order valence-electron chi connectivity index (χ4n) is 3.13. The van der Waals surface area contributed by atoms with Crippen LogP contribution < -0.4 is 0 Å². The second-order valence-electron chi connectivity index (χ2n) is 7.00. The lowest BCUT2D eigenvalue weighted by Crippen LogP contribution is -2.43. The van der Waals surface area contributed by atoms with Crippen LogP contribution in [-0.2, 0) is 9.84 Å². The zero-order chi connectivity index (χ0) is 17.5. The molecule has 2 rings (SSSR count). The molecule has 0 aromatic carbocycles. The van der Waals surface area contributed by atoms with E-state index in [1.165, 1.54) is 19.1 Å². The van der Waals surface area contributed by atoms with Gasteiger partial charge in [-0.15, -0.1) is 0 Å². The minimum Gasteiger partial charge on any atom is -0.345 e. The second-order valence-corrected chi connectivity index (χ2v) is 9.40. The van der Waals surface area contributed by atoms with Crippen molar-refractivity contribution >= 4 is 15.6 Å². The van der Waals surface area contributed by atoms with Gasteiger partial charge in [0.05, 0.1) is 11.8 Å². The number of rotatable bonds is 7. The lowest BCUT2D eigenvalue weighted by atomic mass is 10.1. The van der Waals surface area contributed by atoms with Crippen LogP contribution in [-0.4, -0.2) is 54.8 Å². The molecule has 0 saturated heterocycles. The van der Waals surface area contributed by atoms with Gasteiger partial charge in [0.1, 0.15) is 0 Å². The lowest BCUT2D eigenvalue weighted by Gasteiger charge is -2.28. The Morgan fingerprint density at radius 3 is 2.39 bits per heavy atom. The highest BCUT2D eigenvalue weighted by Gasteiger charge is 2.30. The summed E-state index contributed by atoms with van der Waals surface area (Å²) in [5, 5.41) is -0.501. The van der Waals surface area contributed by atoms with E-state index in [0.717, 1.165) is 17.0 Å². The van der Waals surface area contributed by atoms with Crippen molar-refractivity contribution in [1.29, 1.82) is 0 Å². The summed E-state index contributed by atoms with van der Waals surface area (Å²) in [6.07, 6.45) is 3.62. The molecule has 0 unspecified atom stereocenters. The summed E-state index contributed by atoms with van der Waals surface area (Å²) in [4.78, 5) is 14.5. The fraction of sp³-hybridized carbons (Fsp3) is 0.706. The number of carbonyl (C=O) groups excluding carboxylic acids is 1. The molecule has 1 heterocycles. The van der Waals surface area contributed by atoms with Crippen LogP contribution in [0.4, 0.5) is 0 Å². The average molecular weight is 340 g/mol. The normalized spacial score (nSPS) is 18.2. The number of hydrogen-bond donors (Lipinski definition) is 0. The van der Waals surface area contributed by atoms with Gasteiger partial charge < -0.3 is 4.57 Å². The molecule has 0 aliphatic heterocycles. The van der Waals surface area contributed by atoms with E-state index in [1.54, 1.807) is 6.92 Å². The molecule has 0 spiro atoms. The van der Waals surface area contributed by atoms with Gasteiger partial charge in [-0.05, 0) is 53.7 Å². The molecule has 0 amide bonds. The van der Waals surface area contributed by atoms with Gasteiger partial charge >= 0.3 is 0 Å². The molecule has 23 heavy (non-hydrogen) atoms. The van der Waals surface area contributed by atoms with Crippen LogP contribution >= 0.6 is 0 Å². The maximum atomic E-state index is 12.7. The van der Waals surface area contributed by atoms with Gasteiger partial charge in [-0.3, -0.25) is 9.69 Å². The standard InChI is InChI=1S/C17H28N2O3S/c1-11-9-16(13(3)19(11)15-7-8-15)17(20)10-18(5)12(2)14(4)23(6,21)22/h9,12,14-15H,7-8,10H2,1-6H3/t12-,14-/m0/s1. The largest absolute Gasteiger partial charge is 0.345 e. The van der Waals surface area contributed by atoms with Crippen molar-refractivity contribution in [1.82, 2.24) is 9.47 Å². The van der Waals surface area contributed by atoms with Crippen molar-refractivity contribution in [3.63, 3.8) is 0 Å². The Hall–Kier alpha value is -1.14. The minimum absolute atomic E-state index is 0.0556. The number of sulfone groups is 1. The first-order valence-corrected chi connectivity index (χ1v) is 10.1. The maximum Gasteiger partial charge on any atom is 0.178 e. The van der Waals surface area contributed by atoms with E-state index >= 15 is 0 Å². The number of aryl methyl sites for hydroxylation is 1. The zero-order valence-electron chi connectivity index (χ0n) is 15.0. The molecule has 1 aliphatic carbocycles. The monoisotopic (exact) mass is 340 g/mol. The number of likely N-dealkylation sites (N-methyl/N-ethyl adjacent to an activating group) is 1. The van der Waals surface area contributed by atoms with E-state index < -0.39 is 15.1 Å². The smallest absolute Gasteiger partial charge is 0.178 e. The highest BCUT2D eigenvalue weighted by molar-refractivity contribution is 7.91. The maximum absolute atomic E-state index is 12.7. The summed E-state index contributed by atoms with van der Waals surface area (Å²) in [5.74, 6) is 0.0556. The molecule has 1 aliphatic rings. The molecule has 1 aromatic heterocycles. The molecule has 0 N–H and O–H groups in total. The topological polar surface area (TPSA) is 59.4 Å². The fourth-order valence-corrected chi connectivity index (χ4v) is 4.05.